The molecule has 0 aromatic heterocycles. The summed E-state index contributed by atoms with van der Waals surface area (Å²) >= 11 is 0. The Labute approximate surface area is 125 Å². The van der Waals surface area contributed by atoms with Crippen molar-refractivity contribution >= 4 is 11.7 Å². The van der Waals surface area contributed by atoms with E-state index in [-0.39, 0.29) is 18.6 Å². The molecule has 2 amide bonds. The summed E-state index contributed by atoms with van der Waals surface area (Å²) < 4.78 is 0. The number of hydrogen-bond acceptors (Lipinski definition) is 3. The van der Waals surface area contributed by atoms with Gasteiger partial charge in [-0.15, -0.1) is 0 Å². The molecular weight excluding hydrogens is 266 g/mol. The van der Waals surface area contributed by atoms with Crippen LogP contribution in [0, 0.1) is 17.2 Å². The van der Waals surface area contributed by atoms with Gasteiger partial charge in [0.25, 0.3) is 0 Å². The fourth-order valence-corrected chi connectivity index (χ4v) is 2.67. The molecule has 1 aliphatic heterocycles. The number of rotatable bonds is 3. The molecular formula is C16H21N3O2. The Balaban J connectivity index is 2.07. The second-order valence-electron chi connectivity index (χ2n) is 5.40. The number of hydrogen-bond donors (Lipinski definition) is 2. The van der Waals surface area contributed by atoms with Crippen LogP contribution in [0.15, 0.2) is 18.2 Å². The molecule has 1 saturated heterocycles. The average molecular weight is 287 g/mol. The molecule has 1 unspecified atom stereocenters. The van der Waals surface area contributed by atoms with Crippen molar-refractivity contribution < 1.29 is 9.90 Å². The first-order valence-electron chi connectivity index (χ1n) is 7.37. The van der Waals surface area contributed by atoms with Gasteiger partial charge in [0.05, 0.1) is 11.6 Å². The van der Waals surface area contributed by atoms with Gasteiger partial charge in [-0.3, -0.25) is 0 Å². The Morgan fingerprint density at radius 3 is 3.05 bits per heavy atom. The van der Waals surface area contributed by atoms with Crippen molar-refractivity contribution in [2.75, 3.05) is 25.0 Å². The van der Waals surface area contributed by atoms with Crippen LogP contribution in [0.2, 0.25) is 0 Å². The third-order valence-electron chi connectivity index (χ3n) is 3.92. The van der Waals surface area contributed by atoms with Crippen LogP contribution >= 0.6 is 0 Å². The number of benzene rings is 1. The Morgan fingerprint density at radius 1 is 1.57 bits per heavy atom. The lowest BCUT2D eigenvalue weighted by Gasteiger charge is -2.32. The van der Waals surface area contributed by atoms with E-state index in [1.54, 1.807) is 17.0 Å². The van der Waals surface area contributed by atoms with Gasteiger partial charge in [0.15, 0.2) is 0 Å². The molecule has 2 N–H and O–H groups in total. The highest BCUT2D eigenvalue weighted by atomic mass is 16.3. The van der Waals surface area contributed by atoms with Crippen LogP contribution in [-0.2, 0) is 6.42 Å². The summed E-state index contributed by atoms with van der Waals surface area (Å²) in [6, 6.07) is 7.27. The summed E-state index contributed by atoms with van der Waals surface area (Å²) in [5, 5.41) is 21.1. The van der Waals surface area contributed by atoms with Crippen molar-refractivity contribution in [1.82, 2.24) is 4.90 Å². The lowest BCUT2D eigenvalue weighted by Crippen LogP contribution is -2.43. The number of nitrogens with zero attached hydrogens (tertiary/aromatic N) is 2. The van der Waals surface area contributed by atoms with Crippen LogP contribution in [0.4, 0.5) is 10.5 Å². The Kier molecular flexibility index (Phi) is 5.18. The summed E-state index contributed by atoms with van der Waals surface area (Å²) in [6.45, 7) is 3.44. The third-order valence-corrected chi connectivity index (χ3v) is 3.92. The first-order valence-corrected chi connectivity index (χ1v) is 7.37. The summed E-state index contributed by atoms with van der Waals surface area (Å²) in [4.78, 5) is 14.1. The highest BCUT2D eigenvalue weighted by Crippen LogP contribution is 2.21. The van der Waals surface area contributed by atoms with Crippen LogP contribution < -0.4 is 5.32 Å². The quantitative estimate of drug-likeness (QED) is 0.896. The molecule has 5 nitrogen and oxygen atoms in total. The van der Waals surface area contributed by atoms with Crippen LogP contribution in [-0.4, -0.2) is 35.7 Å². The van der Waals surface area contributed by atoms with E-state index in [2.05, 4.69) is 11.4 Å². The number of amides is 2. The van der Waals surface area contributed by atoms with Crippen LogP contribution in [0.1, 0.15) is 30.9 Å². The predicted molar refractivity (Wildman–Crippen MR) is 80.9 cm³/mol. The first-order chi connectivity index (χ1) is 10.2. The van der Waals surface area contributed by atoms with Crippen molar-refractivity contribution in [2.45, 2.75) is 26.2 Å². The fraction of sp³-hybridized carbons (Fsp3) is 0.500. The summed E-state index contributed by atoms with van der Waals surface area (Å²) in [5.41, 5.74) is 2.31. The maximum atomic E-state index is 12.3. The zero-order valence-corrected chi connectivity index (χ0v) is 12.3. The number of nitrogens with one attached hydrogen (secondary N) is 1. The lowest BCUT2D eigenvalue weighted by atomic mass is 9.99. The molecule has 0 radical (unpaired) electrons. The highest BCUT2D eigenvalue weighted by Gasteiger charge is 2.23. The Bertz CT molecular complexity index is 551. The van der Waals surface area contributed by atoms with Crippen LogP contribution in [0.25, 0.3) is 0 Å². The fourth-order valence-electron chi connectivity index (χ4n) is 2.67. The van der Waals surface area contributed by atoms with Gasteiger partial charge in [-0.05, 0) is 48.9 Å². The van der Waals surface area contributed by atoms with Gasteiger partial charge in [-0.1, -0.05) is 6.92 Å². The van der Waals surface area contributed by atoms with Crippen molar-refractivity contribution in [3.63, 3.8) is 0 Å². The molecule has 0 spiro atoms. The standard InChI is InChI=1S/C16H21N3O2/c1-2-14-8-12(9-17)5-6-15(14)18-16(21)19-7-3-4-13(10-19)11-20/h5-6,8,13,20H,2-4,7,10-11H2,1H3,(H,18,21). The SMILES string of the molecule is CCc1cc(C#N)ccc1NC(=O)N1CCCC(CO)C1. The molecule has 1 aromatic carbocycles. The number of anilines is 1. The minimum Gasteiger partial charge on any atom is -0.396 e. The van der Waals surface area contributed by atoms with E-state index in [0.717, 1.165) is 37.1 Å². The number of aliphatic hydroxyl groups is 1. The summed E-state index contributed by atoms with van der Waals surface area (Å²) in [7, 11) is 0. The topological polar surface area (TPSA) is 76.4 Å². The van der Waals surface area contributed by atoms with E-state index >= 15 is 0 Å². The second kappa shape index (κ2) is 7.09. The highest BCUT2D eigenvalue weighted by molar-refractivity contribution is 5.90. The van der Waals surface area contributed by atoms with Gasteiger partial charge in [-0.2, -0.15) is 5.26 Å². The number of piperidine rings is 1. The maximum absolute atomic E-state index is 12.3. The number of carbonyl (C=O) groups excluding carboxylic acids is 1. The number of urea groups is 1. The normalized spacial score (nSPS) is 18.1. The van der Waals surface area contributed by atoms with Crippen LogP contribution in [0.5, 0.6) is 0 Å². The first kappa shape index (κ1) is 15.3. The molecule has 1 aromatic rings. The molecule has 0 aliphatic carbocycles. The molecule has 1 fully saturated rings. The van der Waals surface area contributed by atoms with E-state index in [9.17, 15) is 9.90 Å². The second-order valence-corrected chi connectivity index (χ2v) is 5.40. The van der Waals surface area contributed by atoms with E-state index in [0.29, 0.717) is 12.1 Å². The number of nitriles is 1. The van der Waals surface area contributed by atoms with Gasteiger partial charge in [0, 0.05) is 25.4 Å². The minimum absolute atomic E-state index is 0.126. The van der Waals surface area contributed by atoms with E-state index in [1.807, 2.05) is 13.0 Å². The molecule has 1 heterocycles. The van der Waals surface area contributed by atoms with Crippen molar-refractivity contribution in [3.8, 4) is 6.07 Å². The zero-order valence-electron chi connectivity index (χ0n) is 12.3. The summed E-state index contributed by atoms with van der Waals surface area (Å²) in [6.07, 6.45) is 2.65. The van der Waals surface area contributed by atoms with Crippen LogP contribution in [0.3, 0.4) is 0 Å². The molecule has 21 heavy (non-hydrogen) atoms. The van der Waals surface area contributed by atoms with E-state index in [4.69, 9.17) is 5.26 Å². The van der Waals surface area contributed by atoms with Gasteiger partial charge in [0.1, 0.15) is 0 Å². The molecule has 0 bridgehead atoms. The molecule has 2 rings (SSSR count). The van der Waals surface area contributed by atoms with Crippen molar-refractivity contribution in [1.29, 1.82) is 5.26 Å². The number of likely N-dealkylation sites (tertiary alicyclic amines) is 1. The van der Waals surface area contributed by atoms with E-state index < -0.39 is 0 Å². The molecule has 0 saturated carbocycles. The third kappa shape index (κ3) is 3.73. The average Bonchev–Trinajstić information content (AvgIpc) is 2.55. The largest absolute Gasteiger partial charge is 0.396 e. The molecule has 1 atom stereocenters. The molecule has 112 valence electrons. The van der Waals surface area contributed by atoms with Gasteiger partial charge in [-0.25, -0.2) is 4.79 Å². The van der Waals surface area contributed by atoms with Gasteiger partial charge in [0.2, 0.25) is 0 Å². The molecule has 5 heteroatoms. The van der Waals surface area contributed by atoms with Gasteiger partial charge < -0.3 is 15.3 Å². The number of aliphatic hydroxyl groups excluding tert-OH is 1. The monoisotopic (exact) mass is 287 g/mol. The maximum Gasteiger partial charge on any atom is 0.321 e. The summed E-state index contributed by atoms with van der Waals surface area (Å²) in [5.74, 6) is 0.177. The van der Waals surface area contributed by atoms with Crippen molar-refractivity contribution in [3.05, 3.63) is 29.3 Å². The van der Waals surface area contributed by atoms with E-state index in [1.165, 1.54) is 0 Å². The Morgan fingerprint density at radius 2 is 2.38 bits per heavy atom. The predicted octanol–water partition coefficient (Wildman–Crippen LogP) is 2.36. The molecule has 1 aliphatic rings. The lowest BCUT2D eigenvalue weighted by molar-refractivity contribution is 0.136. The zero-order chi connectivity index (χ0) is 15.2. The minimum atomic E-state index is -0.132. The van der Waals surface area contributed by atoms with Gasteiger partial charge >= 0.3 is 6.03 Å². The van der Waals surface area contributed by atoms with Crippen molar-refractivity contribution in [2.24, 2.45) is 5.92 Å². The Hall–Kier alpha value is -2.06. The number of aryl methyl sites for hydroxylation is 1. The smallest absolute Gasteiger partial charge is 0.321 e. The number of carbonyl (C=O) groups is 1.